The second-order valence-electron chi connectivity index (χ2n) is 8.72. The predicted molar refractivity (Wildman–Crippen MR) is 119 cm³/mol. The highest BCUT2D eigenvalue weighted by Gasteiger charge is 2.31. The summed E-state index contributed by atoms with van der Waals surface area (Å²) >= 11 is 0. The zero-order chi connectivity index (χ0) is 22.2. The van der Waals surface area contributed by atoms with Crippen molar-refractivity contribution in [2.75, 3.05) is 45.8 Å². The van der Waals surface area contributed by atoms with Crippen molar-refractivity contribution in [3.05, 3.63) is 35.9 Å². The van der Waals surface area contributed by atoms with Crippen LogP contribution in [0.15, 0.2) is 30.3 Å². The third kappa shape index (κ3) is 6.69. The second kappa shape index (κ2) is 11.1. The molecule has 4 amide bonds. The number of likely N-dealkylation sites (tertiary alicyclic amines) is 1. The van der Waals surface area contributed by atoms with Crippen molar-refractivity contribution in [3.8, 4) is 0 Å². The average Bonchev–Trinajstić information content (AvgIpc) is 3.32. The van der Waals surface area contributed by atoms with Gasteiger partial charge < -0.3 is 20.4 Å². The molecule has 3 rings (SSSR count). The molecule has 0 aromatic heterocycles. The minimum Gasteiger partial charge on any atom is -0.342 e. The smallest absolute Gasteiger partial charge is 0.315 e. The van der Waals surface area contributed by atoms with Crippen LogP contribution in [0.2, 0.25) is 0 Å². The van der Waals surface area contributed by atoms with Crippen molar-refractivity contribution in [1.82, 2.24) is 25.3 Å². The van der Waals surface area contributed by atoms with Crippen LogP contribution >= 0.6 is 0 Å². The SMILES string of the molecule is CC(C)C(NC(=O)NCc1ccccc1)C(=O)N1CCN(CC(=O)N2CCCC2)CC1. The number of amides is 4. The van der Waals surface area contributed by atoms with Crippen LogP contribution in [0.5, 0.6) is 0 Å². The maximum Gasteiger partial charge on any atom is 0.315 e. The van der Waals surface area contributed by atoms with Gasteiger partial charge in [-0.2, -0.15) is 0 Å². The van der Waals surface area contributed by atoms with E-state index in [9.17, 15) is 14.4 Å². The largest absolute Gasteiger partial charge is 0.342 e. The lowest BCUT2D eigenvalue weighted by atomic mass is 10.0. The summed E-state index contributed by atoms with van der Waals surface area (Å²) in [5.74, 6) is 0.106. The summed E-state index contributed by atoms with van der Waals surface area (Å²) < 4.78 is 0. The van der Waals surface area contributed by atoms with Crippen LogP contribution in [0.3, 0.4) is 0 Å². The molecule has 8 heteroatoms. The zero-order valence-corrected chi connectivity index (χ0v) is 18.7. The van der Waals surface area contributed by atoms with Crippen LogP contribution in [0.4, 0.5) is 4.79 Å². The summed E-state index contributed by atoms with van der Waals surface area (Å²) in [6.07, 6.45) is 2.19. The lowest BCUT2D eigenvalue weighted by molar-refractivity contribution is -0.137. The molecule has 31 heavy (non-hydrogen) atoms. The van der Waals surface area contributed by atoms with Crippen LogP contribution in [-0.2, 0) is 16.1 Å². The summed E-state index contributed by atoms with van der Waals surface area (Å²) in [4.78, 5) is 43.7. The Balaban J connectivity index is 1.45. The Morgan fingerprint density at radius 1 is 0.903 bits per heavy atom. The highest BCUT2D eigenvalue weighted by molar-refractivity contribution is 5.87. The van der Waals surface area contributed by atoms with Gasteiger partial charge in [0.15, 0.2) is 0 Å². The third-order valence-electron chi connectivity index (χ3n) is 6.02. The van der Waals surface area contributed by atoms with E-state index in [1.807, 2.05) is 49.1 Å². The Hall–Kier alpha value is -2.61. The molecule has 2 saturated heterocycles. The Labute approximate surface area is 184 Å². The first kappa shape index (κ1) is 23.1. The van der Waals surface area contributed by atoms with E-state index >= 15 is 0 Å². The minimum absolute atomic E-state index is 0.0234. The lowest BCUT2D eigenvalue weighted by Crippen LogP contribution is -2.58. The van der Waals surface area contributed by atoms with Crippen molar-refractivity contribution in [2.24, 2.45) is 5.92 Å². The average molecular weight is 430 g/mol. The van der Waals surface area contributed by atoms with E-state index in [0.29, 0.717) is 39.3 Å². The molecule has 2 aliphatic rings. The van der Waals surface area contributed by atoms with Crippen molar-refractivity contribution >= 4 is 17.8 Å². The predicted octanol–water partition coefficient (Wildman–Crippen LogP) is 1.28. The summed E-state index contributed by atoms with van der Waals surface area (Å²) in [6, 6.07) is 8.75. The van der Waals surface area contributed by atoms with Crippen LogP contribution < -0.4 is 10.6 Å². The van der Waals surface area contributed by atoms with E-state index in [-0.39, 0.29) is 23.8 Å². The Bertz CT molecular complexity index is 741. The molecule has 2 aliphatic heterocycles. The Morgan fingerprint density at radius 2 is 1.55 bits per heavy atom. The maximum atomic E-state index is 13.1. The van der Waals surface area contributed by atoms with E-state index in [1.54, 1.807) is 4.90 Å². The molecule has 0 radical (unpaired) electrons. The first-order chi connectivity index (χ1) is 14.9. The van der Waals surface area contributed by atoms with Crippen LogP contribution in [0.1, 0.15) is 32.3 Å². The number of piperazine rings is 1. The number of carbonyl (C=O) groups excluding carboxylic acids is 3. The number of carbonyl (C=O) groups is 3. The summed E-state index contributed by atoms with van der Waals surface area (Å²) in [6.45, 7) is 8.94. The van der Waals surface area contributed by atoms with E-state index in [0.717, 1.165) is 31.5 Å². The van der Waals surface area contributed by atoms with Gasteiger partial charge in [-0.1, -0.05) is 44.2 Å². The van der Waals surface area contributed by atoms with Gasteiger partial charge in [0.05, 0.1) is 6.54 Å². The van der Waals surface area contributed by atoms with Gasteiger partial charge in [-0.15, -0.1) is 0 Å². The molecule has 1 atom stereocenters. The van der Waals surface area contributed by atoms with Gasteiger partial charge >= 0.3 is 6.03 Å². The number of hydrogen-bond donors (Lipinski definition) is 2. The fourth-order valence-corrected chi connectivity index (χ4v) is 4.06. The number of urea groups is 1. The summed E-state index contributed by atoms with van der Waals surface area (Å²) in [7, 11) is 0. The number of benzene rings is 1. The van der Waals surface area contributed by atoms with E-state index < -0.39 is 6.04 Å². The van der Waals surface area contributed by atoms with Crippen molar-refractivity contribution in [2.45, 2.75) is 39.3 Å². The first-order valence-corrected chi connectivity index (χ1v) is 11.3. The first-order valence-electron chi connectivity index (χ1n) is 11.3. The fourth-order valence-electron chi connectivity index (χ4n) is 4.06. The molecule has 0 saturated carbocycles. The van der Waals surface area contributed by atoms with Gasteiger partial charge in [-0.05, 0) is 24.3 Å². The lowest BCUT2D eigenvalue weighted by Gasteiger charge is -2.37. The normalized spacial score (nSPS) is 18.2. The molecule has 170 valence electrons. The highest BCUT2D eigenvalue weighted by Crippen LogP contribution is 2.12. The van der Waals surface area contributed by atoms with Crippen LogP contribution in [-0.4, -0.2) is 84.4 Å². The molecule has 1 aromatic rings. The molecule has 1 unspecified atom stereocenters. The van der Waals surface area contributed by atoms with Gasteiger partial charge in [-0.3, -0.25) is 14.5 Å². The van der Waals surface area contributed by atoms with Gasteiger partial charge in [0.25, 0.3) is 0 Å². The molecule has 0 bridgehead atoms. The minimum atomic E-state index is -0.575. The van der Waals surface area contributed by atoms with E-state index in [1.165, 1.54) is 0 Å². The summed E-state index contributed by atoms with van der Waals surface area (Å²) in [5.41, 5.74) is 1.00. The molecule has 2 fully saturated rings. The van der Waals surface area contributed by atoms with Gasteiger partial charge in [0, 0.05) is 45.8 Å². The molecule has 8 nitrogen and oxygen atoms in total. The van der Waals surface area contributed by atoms with Crippen molar-refractivity contribution in [3.63, 3.8) is 0 Å². The van der Waals surface area contributed by atoms with Gasteiger partial charge in [0.2, 0.25) is 11.8 Å². The molecular formula is C23H35N5O3. The zero-order valence-electron chi connectivity index (χ0n) is 18.7. The molecule has 1 aromatic carbocycles. The monoisotopic (exact) mass is 429 g/mol. The topological polar surface area (TPSA) is 85.0 Å². The molecular weight excluding hydrogens is 394 g/mol. The van der Waals surface area contributed by atoms with Crippen LogP contribution in [0.25, 0.3) is 0 Å². The van der Waals surface area contributed by atoms with Gasteiger partial charge in [0.1, 0.15) is 6.04 Å². The highest BCUT2D eigenvalue weighted by atomic mass is 16.2. The summed E-state index contributed by atoms with van der Waals surface area (Å²) in [5, 5.41) is 5.67. The van der Waals surface area contributed by atoms with Crippen LogP contribution in [0, 0.1) is 5.92 Å². The fraction of sp³-hybridized carbons (Fsp3) is 0.609. The molecule has 2 N–H and O–H groups in total. The van der Waals surface area contributed by atoms with Crippen molar-refractivity contribution < 1.29 is 14.4 Å². The number of rotatable bonds is 7. The molecule has 0 spiro atoms. The Kier molecular flexibility index (Phi) is 8.28. The van der Waals surface area contributed by atoms with E-state index in [4.69, 9.17) is 0 Å². The van der Waals surface area contributed by atoms with Crippen molar-refractivity contribution in [1.29, 1.82) is 0 Å². The second-order valence-corrected chi connectivity index (χ2v) is 8.72. The standard InChI is InChI=1S/C23H35N5O3/c1-18(2)21(25-23(31)24-16-19-8-4-3-5-9-19)22(30)28-14-12-26(13-15-28)17-20(29)27-10-6-7-11-27/h3-5,8-9,18,21H,6-7,10-17H2,1-2H3,(H2,24,25,31). The quantitative estimate of drug-likeness (QED) is 0.684. The number of hydrogen-bond acceptors (Lipinski definition) is 4. The maximum absolute atomic E-state index is 13.1. The molecule has 0 aliphatic carbocycles. The molecule has 2 heterocycles. The number of nitrogens with zero attached hydrogens (tertiary/aromatic N) is 3. The number of nitrogens with one attached hydrogen (secondary N) is 2. The van der Waals surface area contributed by atoms with Gasteiger partial charge in [-0.25, -0.2) is 4.79 Å². The van der Waals surface area contributed by atoms with E-state index in [2.05, 4.69) is 15.5 Å². The Morgan fingerprint density at radius 3 is 2.16 bits per heavy atom. The third-order valence-corrected chi connectivity index (χ3v) is 6.02.